The molecule has 0 radical (unpaired) electrons. The zero-order valence-electron chi connectivity index (χ0n) is 11.4. The van der Waals surface area contributed by atoms with Gasteiger partial charge in [-0.15, -0.1) is 11.6 Å². The summed E-state index contributed by atoms with van der Waals surface area (Å²) in [5.74, 6) is 0.792. The van der Waals surface area contributed by atoms with Crippen LogP contribution in [0.15, 0.2) is 0 Å². The normalized spacial score (nSPS) is 12.0. The van der Waals surface area contributed by atoms with E-state index in [9.17, 15) is 0 Å². The van der Waals surface area contributed by atoms with Crippen molar-refractivity contribution >= 4 is 11.6 Å². The molecule has 0 aromatic carbocycles. The molecule has 0 atom stereocenters. The molecule has 1 N–H and O–H groups in total. The van der Waals surface area contributed by atoms with E-state index in [-0.39, 0.29) is 0 Å². The van der Waals surface area contributed by atoms with E-state index in [1.54, 1.807) is 0 Å². The second-order valence-electron chi connectivity index (χ2n) is 5.55. The van der Waals surface area contributed by atoms with Crippen molar-refractivity contribution in [2.75, 3.05) is 19.0 Å². The molecule has 0 aliphatic heterocycles. The maximum Gasteiger partial charge on any atom is 0.0223 e. The molecule has 2 heteroatoms. The van der Waals surface area contributed by atoms with Crippen LogP contribution >= 0.6 is 11.6 Å². The molecule has 0 spiro atoms. The number of unbranched alkanes of at least 4 members (excludes halogenated alkanes) is 4. The molecule has 0 bridgehead atoms. The molecule has 0 saturated carbocycles. The first-order valence-electron chi connectivity index (χ1n) is 6.89. The van der Waals surface area contributed by atoms with Gasteiger partial charge < -0.3 is 5.32 Å². The SMILES string of the molecule is CCCCCCCNCC(C)(C)CCCCl. The Bertz CT molecular complexity index is 146. The van der Waals surface area contributed by atoms with Gasteiger partial charge in [0.15, 0.2) is 0 Å². The van der Waals surface area contributed by atoms with Crippen molar-refractivity contribution in [3.8, 4) is 0 Å². The molecule has 0 aromatic rings. The summed E-state index contributed by atoms with van der Waals surface area (Å²) in [5.41, 5.74) is 0.401. The predicted molar refractivity (Wildman–Crippen MR) is 75.4 cm³/mol. The molecule has 0 aliphatic carbocycles. The highest BCUT2D eigenvalue weighted by Crippen LogP contribution is 2.21. The minimum atomic E-state index is 0.401. The van der Waals surface area contributed by atoms with Crippen LogP contribution in [-0.2, 0) is 0 Å². The summed E-state index contributed by atoms with van der Waals surface area (Å²) in [4.78, 5) is 0. The molecule has 0 saturated heterocycles. The molecular formula is C14H30ClN. The Labute approximate surface area is 107 Å². The monoisotopic (exact) mass is 247 g/mol. The summed E-state index contributed by atoms with van der Waals surface area (Å²) in [6.07, 6.45) is 9.18. The zero-order chi connectivity index (χ0) is 12.3. The summed E-state index contributed by atoms with van der Waals surface area (Å²) < 4.78 is 0. The minimum absolute atomic E-state index is 0.401. The van der Waals surface area contributed by atoms with E-state index in [4.69, 9.17) is 11.6 Å². The van der Waals surface area contributed by atoms with Gasteiger partial charge in [0.05, 0.1) is 0 Å². The number of hydrogen-bond acceptors (Lipinski definition) is 1. The molecular weight excluding hydrogens is 218 g/mol. The van der Waals surface area contributed by atoms with Crippen molar-refractivity contribution in [2.45, 2.75) is 65.7 Å². The van der Waals surface area contributed by atoms with E-state index in [2.05, 4.69) is 26.1 Å². The van der Waals surface area contributed by atoms with Crippen LogP contribution in [0.3, 0.4) is 0 Å². The topological polar surface area (TPSA) is 12.0 Å². The highest BCUT2D eigenvalue weighted by Gasteiger charge is 2.15. The minimum Gasteiger partial charge on any atom is -0.316 e. The van der Waals surface area contributed by atoms with Gasteiger partial charge in [-0.2, -0.15) is 0 Å². The highest BCUT2D eigenvalue weighted by molar-refractivity contribution is 6.17. The summed E-state index contributed by atoms with van der Waals surface area (Å²) >= 11 is 5.72. The van der Waals surface area contributed by atoms with E-state index in [1.165, 1.54) is 45.1 Å². The molecule has 1 nitrogen and oxygen atoms in total. The number of rotatable bonds is 11. The van der Waals surface area contributed by atoms with E-state index in [0.717, 1.165) is 18.8 Å². The Morgan fingerprint density at radius 3 is 2.31 bits per heavy atom. The van der Waals surface area contributed by atoms with Crippen LogP contribution in [0.2, 0.25) is 0 Å². The van der Waals surface area contributed by atoms with Crippen LogP contribution in [0, 0.1) is 5.41 Å². The standard InChI is InChI=1S/C14H30ClN/c1-4-5-6-7-8-12-16-13-14(2,3)10-9-11-15/h16H,4-13H2,1-3H3. The number of hydrogen-bond donors (Lipinski definition) is 1. The van der Waals surface area contributed by atoms with Crippen LogP contribution in [0.1, 0.15) is 65.7 Å². The van der Waals surface area contributed by atoms with Gasteiger partial charge in [0.1, 0.15) is 0 Å². The Kier molecular flexibility index (Phi) is 10.6. The van der Waals surface area contributed by atoms with Gasteiger partial charge in [-0.3, -0.25) is 0 Å². The summed E-state index contributed by atoms with van der Waals surface area (Å²) in [6.45, 7) is 9.20. The van der Waals surface area contributed by atoms with Crippen LogP contribution in [0.25, 0.3) is 0 Å². The molecule has 0 heterocycles. The summed E-state index contributed by atoms with van der Waals surface area (Å²) in [6, 6.07) is 0. The van der Waals surface area contributed by atoms with Crippen molar-refractivity contribution in [2.24, 2.45) is 5.41 Å². The maximum atomic E-state index is 5.72. The predicted octanol–water partition coefficient (Wildman–Crippen LogP) is 4.59. The van der Waals surface area contributed by atoms with E-state index in [1.807, 2.05) is 0 Å². The lowest BCUT2D eigenvalue weighted by Crippen LogP contribution is -2.30. The average Bonchev–Trinajstić information content (AvgIpc) is 2.25. The van der Waals surface area contributed by atoms with Crippen LogP contribution in [-0.4, -0.2) is 19.0 Å². The van der Waals surface area contributed by atoms with Crippen molar-refractivity contribution in [1.29, 1.82) is 0 Å². The Morgan fingerprint density at radius 2 is 1.69 bits per heavy atom. The largest absolute Gasteiger partial charge is 0.316 e. The number of alkyl halides is 1. The Balaban J connectivity index is 3.29. The molecule has 0 rings (SSSR count). The lowest BCUT2D eigenvalue weighted by Gasteiger charge is -2.24. The highest BCUT2D eigenvalue weighted by atomic mass is 35.5. The van der Waals surface area contributed by atoms with Gasteiger partial charge in [0, 0.05) is 12.4 Å². The van der Waals surface area contributed by atoms with Gasteiger partial charge in [-0.1, -0.05) is 46.5 Å². The molecule has 98 valence electrons. The van der Waals surface area contributed by atoms with Crippen molar-refractivity contribution < 1.29 is 0 Å². The molecule has 0 aromatic heterocycles. The van der Waals surface area contributed by atoms with Crippen molar-refractivity contribution in [3.05, 3.63) is 0 Å². The van der Waals surface area contributed by atoms with Crippen LogP contribution in [0.5, 0.6) is 0 Å². The third kappa shape index (κ3) is 10.8. The first-order valence-corrected chi connectivity index (χ1v) is 7.42. The van der Waals surface area contributed by atoms with E-state index in [0.29, 0.717) is 5.41 Å². The molecule has 0 aliphatic rings. The third-order valence-electron chi connectivity index (χ3n) is 3.05. The molecule has 16 heavy (non-hydrogen) atoms. The van der Waals surface area contributed by atoms with E-state index >= 15 is 0 Å². The van der Waals surface area contributed by atoms with Gasteiger partial charge in [0.25, 0.3) is 0 Å². The fourth-order valence-corrected chi connectivity index (χ4v) is 2.05. The molecule has 0 fully saturated rings. The van der Waals surface area contributed by atoms with Crippen LogP contribution < -0.4 is 5.32 Å². The molecule has 0 unspecified atom stereocenters. The van der Waals surface area contributed by atoms with Gasteiger partial charge in [-0.25, -0.2) is 0 Å². The quantitative estimate of drug-likeness (QED) is 0.416. The zero-order valence-corrected chi connectivity index (χ0v) is 12.2. The van der Waals surface area contributed by atoms with Gasteiger partial charge in [-0.05, 0) is 31.2 Å². The molecule has 0 amide bonds. The van der Waals surface area contributed by atoms with Crippen molar-refractivity contribution in [1.82, 2.24) is 5.32 Å². The Hall–Kier alpha value is 0.250. The second-order valence-corrected chi connectivity index (χ2v) is 5.93. The van der Waals surface area contributed by atoms with Gasteiger partial charge >= 0.3 is 0 Å². The van der Waals surface area contributed by atoms with Gasteiger partial charge in [0.2, 0.25) is 0 Å². The maximum absolute atomic E-state index is 5.72. The smallest absolute Gasteiger partial charge is 0.0223 e. The lowest BCUT2D eigenvalue weighted by molar-refractivity contribution is 0.311. The second kappa shape index (κ2) is 10.4. The Morgan fingerprint density at radius 1 is 1.00 bits per heavy atom. The van der Waals surface area contributed by atoms with Crippen molar-refractivity contribution in [3.63, 3.8) is 0 Å². The fraction of sp³-hybridized carbons (Fsp3) is 1.00. The first-order chi connectivity index (χ1) is 7.62. The summed E-state index contributed by atoms with van der Waals surface area (Å²) in [5, 5.41) is 3.57. The van der Waals surface area contributed by atoms with E-state index < -0.39 is 0 Å². The average molecular weight is 248 g/mol. The fourth-order valence-electron chi connectivity index (χ4n) is 1.91. The van der Waals surface area contributed by atoms with Crippen LogP contribution in [0.4, 0.5) is 0 Å². The number of halogens is 1. The third-order valence-corrected chi connectivity index (χ3v) is 3.32. The lowest BCUT2D eigenvalue weighted by atomic mass is 9.88. The summed E-state index contributed by atoms with van der Waals surface area (Å²) in [7, 11) is 0. The number of nitrogens with one attached hydrogen (secondary N) is 1. The first kappa shape index (κ1) is 16.2.